The third-order valence-corrected chi connectivity index (χ3v) is 3.43. The number of ether oxygens (including phenoxy) is 1. The number of rotatable bonds is 10. The Labute approximate surface area is 124 Å². The van der Waals surface area contributed by atoms with Gasteiger partial charge in [0, 0.05) is 17.8 Å². The van der Waals surface area contributed by atoms with E-state index in [2.05, 4.69) is 24.8 Å². The van der Waals surface area contributed by atoms with E-state index in [9.17, 15) is 0 Å². The summed E-state index contributed by atoms with van der Waals surface area (Å²) in [5, 5.41) is 0. The second kappa shape index (κ2) is 9.65. The summed E-state index contributed by atoms with van der Waals surface area (Å²) in [6, 6.07) is 5.96. The van der Waals surface area contributed by atoms with Gasteiger partial charge in [-0.15, -0.1) is 0 Å². The molecule has 0 aliphatic heterocycles. The summed E-state index contributed by atoms with van der Waals surface area (Å²) >= 11 is 0. The van der Waals surface area contributed by atoms with Gasteiger partial charge in [0.05, 0.1) is 6.61 Å². The summed E-state index contributed by atoms with van der Waals surface area (Å²) in [5.74, 6) is 0.972. The highest BCUT2D eigenvalue weighted by molar-refractivity contribution is 5.47. The van der Waals surface area contributed by atoms with Crippen LogP contribution in [0.2, 0.25) is 0 Å². The molecule has 0 fully saturated rings. The molecule has 0 saturated carbocycles. The Hall–Kier alpha value is -1.22. The predicted octanol–water partition coefficient (Wildman–Crippen LogP) is 4.07. The van der Waals surface area contributed by atoms with Gasteiger partial charge in [0.1, 0.15) is 5.75 Å². The van der Waals surface area contributed by atoms with Crippen LogP contribution in [0.25, 0.3) is 0 Å². The molecule has 0 bridgehead atoms. The highest BCUT2D eigenvalue weighted by Crippen LogP contribution is 2.23. The second-order valence-corrected chi connectivity index (χ2v) is 5.28. The first kappa shape index (κ1) is 16.8. The zero-order valence-electron chi connectivity index (χ0n) is 13.3. The lowest BCUT2D eigenvalue weighted by molar-refractivity contribution is 0.250. The standard InChI is InChI=1S/C17H30N2O/c1-4-7-11-19(12-8-5-2)14-15-13-16(18)9-10-17(15)20-6-3/h9-10,13H,4-8,11-12,14,18H2,1-3H3. The summed E-state index contributed by atoms with van der Waals surface area (Å²) in [4.78, 5) is 2.52. The summed E-state index contributed by atoms with van der Waals surface area (Å²) in [6.07, 6.45) is 4.96. The van der Waals surface area contributed by atoms with Crippen LogP contribution in [0.15, 0.2) is 18.2 Å². The number of benzene rings is 1. The minimum atomic E-state index is 0.695. The average molecular weight is 278 g/mol. The Morgan fingerprint density at radius 1 is 1.05 bits per heavy atom. The van der Waals surface area contributed by atoms with Gasteiger partial charge in [0.25, 0.3) is 0 Å². The fourth-order valence-corrected chi connectivity index (χ4v) is 2.29. The average Bonchev–Trinajstić information content (AvgIpc) is 2.44. The highest BCUT2D eigenvalue weighted by Gasteiger charge is 2.10. The molecule has 0 aromatic heterocycles. The maximum absolute atomic E-state index is 5.93. The number of anilines is 1. The Morgan fingerprint density at radius 2 is 1.70 bits per heavy atom. The monoisotopic (exact) mass is 278 g/mol. The normalized spacial score (nSPS) is 11.0. The van der Waals surface area contributed by atoms with Crippen molar-refractivity contribution in [2.24, 2.45) is 0 Å². The van der Waals surface area contributed by atoms with Crippen molar-refractivity contribution in [3.8, 4) is 5.75 Å². The van der Waals surface area contributed by atoms with Gasteiger partial charge in [-0.2, -0.15) is 0 Å². The number of hydrogen-bond donors (Lipinski definition) is 1. The lowest BCUT2D eigenvalue weighted by Crippen LogP contribution is -2.26. The summed E-state index contributed by atoms with van der Waals surface area (Å²) in [7, 11) is 0. The lowest BCUT2D eigenvalue weighted by Gasteiger charge is -2.23. The van der Waals surface area contributed by atoms with Crippen LogP contribution in [0.3, 0.4) is 0 Å². The van der Waals surface area contributed by atoms with Crippen LogP contribution in [0.1, 0.15) is 52.0 Å². The van der Waals surface area contributed by atoms with E-state index < -0.39 is 0 Å². The van der Waals surface area contributed by atoms with Crippen molar-refractivity contribution in [3.05, 3.63) is 23.8 Å². The van der Waals surface area contributed by atoms with Gasteiger partial charge in [-0.1, -0.05) is 26.7 Å². The first-order valence-electron chi connectivity index (χ1n) is 7.94. The molecule has 1 aromatic rings. The molecular formula is C17H30N2O. The van der Waals surface area contributed by atoms with E-state index in [1.807, 2.05) is 19.1 Å². The highest BCUT2D eigenvalue weighted by atomic mass is 16.5. The van der Waals surface area contributed by atoms with Gasteiger partial charge >= 0.3 is 0 Å². The minimum absolute atomic E-state index is 0.695. The fourth-order valence-electron chi connectivity index (χ4n) is 2.29. The Balaban J connectivity index is 2.76. The van der Waals surface area contributed by atoms with Gasteiger partial charge in [-0.25, -0.2) is 0 Å². The fraction of sp³-hybridized carbons (Fsp3) is 0.647. The van der Waals surface area contributed by atoms with Gasteiger partial charge in [0.15, 0.2) is 0 Å². The van der Waals surface area contributed by atoms with Crippen molar-refractivity contribution in [1.82, 2.24) is 4.90 Å². The maximum atomic E-state index is 5.93. The Bertz CT molecular complexity index is 371. The van der Waals surface area contributed by atoms with Gasteiger partial charge in [0.2, 0.25) is 0 Å². The van der Waals surface area contributed by atoms with E-state index in [-0.39, 0.29) is 0 Å². The summed E-state index contributed by atoms with van der Waals surface area (Å²) in [5.41, 5.74) is 7.95. The van der Waals surface area contributed by atoms with Crippen molar-refractivity contribution in [3.63, 3.8) is 0 Å². The van der Waals surface area contributed by atoms with E-state index in [0.29, 0.717) is 6.61 Å². The Kier molecular flexibility index (Phi) is 8.12. The quantitative estimate of drug-likeness (QED) is 0.656. The van der Waals surface area contributed by atoms with Crippen LogP contribution in [0, 0.1) is 0 Å². The molecule has 0 aliphatic rings. The molecule has 2 N–H and O–H groups in total. The SMILES string of the molecule is CCCCN(CCCC)Cc1cc(N)ccc1OCC. The molecule has 0 saturated heterocycles. The zero-order chi connectivity index (χ0) is 14.8. The smallest absolute Gasteiger partial charge is 0.123 e. The van der Waals surface area contributed by atoms with Crippen molar-refractivity contribution >= 4 is 5.69 Å². The molecule has 0 unspecified atom stereocenters. The van der Waals surface area contributed by atoms with Gasteiger partial charge in [-0.3, -0.25) is 4.90 Å². The largest absolute Gasteiger partial charge is 0.494 e. The second-order valence-electron chi connectivity index (χ2n) is 5.28. The molecule has 0 atom stereocenters. The van der Waals surface area contributed by atoms with Crippen molar-refractivity contribution in [2.45, 2.75) is 53.0 Å². The van der Waals surface area contributed by atoms with Crippen LogP contribution in [-0.4, -0.2) is 24.6 Å². The van der Waals surface area contributed by atoms with Crippen molar-refractivity contribution in [2.75, 3.05) is 25.4 Å². The number of unbranched alkanes of at least 4 members (excludes halogenated alkanes) is 2. The van der Waals surface area contributed by atoms with E-state index >= 15 is 0 Å². The third-order valence-electron chi connectivity index (χ3n) is 3.43. The first-order valence-corrected chi connectivity index (χ1v) is 7.94. The van der Waals surface area contributed by atoms with Crippen LogP contribution >= 0.6 is 0 Å². The molecule has 20 heavy (non-hydrogen) atoms. The van der Waals surface area contributed by atoms with E-state index in [0.717, 1.165) is 31.1 Å². The Morgan fingerprint density at radius 3 is 2.25 bits per heavy atom. The van der Waals surface area contributed by atoms with Crippen LogP contribution < -0.4 is 10.5 Å². The number of hydrogen-bond acceptors (Lipinski definition) is 3. The number of nitrogen functional groups attached to an aromatic ring is 1. The molecule has 3 heteroatoms. The molecule has 1 rings (SSSR count). The van der Waals surface area contributed by atoms with E-state index in [1.165, 1.54) is 31.2 Å². The molecule has 0 heterocycles. The van der Waals surface area contributed by atoms with Gasteiger partial charge in [-0.05, 0) is 51.1 Å². The summed E-state index contributed by atoms with van der Waals surface area (Å²) < 4.78 is 5.72. The van der Waals surface area contributed by atoms with E-state index in [4.69, 9.17) is 10.5 Å². The van der Waals surface area contributed by atoms with Crippen LogP contribution in [0.4, 0.5) is 5.69 Å². The topological polar surface area (TPSA) is 38.5 Å². The van der Waals surface area contributed by atoms with Crippen molar-refractivity contribution in [1.29, 1.82) is 0 Å². The maximum Gasteiger partial charge on any atom is 0.123 e. The molecule has 114 valence electrons. The molecule has 0 spiro atoms. The summed E-state index contributed by atoms with van der Waals surface area (Å²) in [6.45, 7) is 10.4. The first-order chi connectivity index (χ1) is 9.71. The van der Waals surface area contributed by atoms with Crippen molar-refractivity contribution < 1.29 is 4.74 Å². The zero-order valence-corrected chi connectivity index (χ0v) is 13.3. The van der Waals surface area contributed by atoms with Crippen LogP contribution in [0.5, 0.6) is 5.75 Å². The molecule has 3 nitrogen and oxygen atoms in total. The minimum Gasteiger partial charge on any atom is -0.494 e. The molecule has 1 aromatic carbocycles. The number of nitrogens with two attached hydrogens (primary N) is 1. The molecule has 0 aliphatic carbocycles. The van der Waals surface area contributed by atoms with E-state index in [1.54, 1.807) is 0 Å². The predicted molar refractivity (Wildman–Crippen MR) is 87.1 cm³/mol. The molecular weight excluding hydrogens is 248 g/mol. The molecule has 0 radical (unpaired) electrons. The lowest BCUT2D eigenvalue weighted by atomic mass is 10.1. The van der Waals surface area contributed by atoms with Gasteiger partial charge < -0.3 is 10.5 Å². The van der Waals surface area contributed by atoms with Crippen LogP contribution in [-0.2, 0) is 6.54 Å². The third kappa shape index (κ3) is 5.83. The molecule has 0 amide bonds. The number of nitrogens with zero attached hydrogens (tertiary/aromatic N) is 1.